The SMILES string of the molecule is Cn1cnc(S(=O)(=O)N2CCCCC2c2nncn2CC2CC2)c1. The molecular weight excluding hydrogens is 328 g/mol. The van der Waals surface area contributed by atoms with E-state index in [1.54, 1.807) is 28.4 Å². The number of piperidine rings is 1. The van der Waals surface area contributed by atoms with E-state index in [1.165, 1.54) is 19.2 Å². The average molecular weight is 350 g/mol. The van der Waals surface area contributed by atoms with E-state index in [9.17, 15) is 8.42 Å². The van der Waals surface area contributed by atoms with E-state index in [2.05, 4.69) is 15.2 Å². The summed E-state index contributed by atoms with van der Waals surface area (Å²) in [5.41, 5.74) is 0. The molecular formula is C15H22N6O2S. The molecule has 0 aromatic carbocycles. The second-order valence-corrected chi connectivity index (χ2v) is 8.63. The van der Waals surface area contributed by atoms with Crippen molar-refractivity contribution in [1.29, 1.82) is 0 Å². The summed E-state index contributed by atoms with van der Waals surface area (Å²) in [6.07, 6.45) is 9.89. The maximum absolute atomic E-state index is 13.0. The number of rotatable bonds is 5. The van der Waals surface area contributed by atoms with E-state index >= 15 is 0 Å². The Morgan fingerprint density at radius 2 is 2.04 bits per heavy atom. The summed E-state index contributed by atoms with van der Waals surface area (Å²) >= 11 is 0. The van der Waals surface area contributed by atoms with Crippen LogP contribution in [0.1, 0.15) is 44.0 Å². The summed E-state index contributed by atoms with van der Waals surface area (Å²) in [4.78, 5) is 4.05. The van der Waals surface area contributed by atoms with Crippen LogP contribution in [0.25, 0.3) is 0 Å². The molecule has 0 bridgehead atoms. The van der Waals surface area contributed by atoms with E-state index in [0.29, 0.717) is 12.5 Å². The normalized spacial score (nSPS) is 22.8. The van der Waals surface area contributed by atoms with Gasteiger partial charge in [0, 0.05) is 26.3 Å². The fraction of sp³-hybridized carbons (Fsp3) is 0.667. The van der Waals surface area contributed by atoms with E-state index in [-0.39, 0.29) is 11.1 Å². The maximum atomic E-state index is 13.0. The second kappa shape index (κ2) is 5.96. The van der Waals surface area contributed by atoms with Crippen LogP contribution in [0.4, 0.5) is 0 Å². The Morgan fingerprint density at radius 1 is 1.21 bits per heavy atom. The number of imidazole rings is 1. The standard InChI is InChI=1S/C15H22N6O2S/c1-19-9-14(16-10-19)24(22,23)21-7-3-2-4-13(21)15-18-17-11-20(15)8-12-5-6-12/h9-13H,2-8H2,1H3. The van der Waals surface area contributed by atoms with E-state index < -0.39 is 10.0 Å². The topological polar surface area (TPSA) is 85.9 Å². The molecule has 1 unspecified atom stereocenters. The van der Waals surface area contributed by atoms with Gasteiger partial charge in [0.25, 0.3) is 10.0 Å². The molecule has 9 heteroatoms. The van der Waals surface area contributed by atoms with E-state index in [4.69, 9.17) is 0 Å². The Bertz CT molecular complexity index is 823. The molecule has 4 rings (SSSR count). The molecule has 1 aliphatic carbocycles. The monoisotopic (exact) mass is 350 g/mol. The van der Waals surface area contributed by atoms with Gasteiger partial charge in [-0.15, -0.1) is 10.2 Å². The molecule has 1 saturated heterocycles. The summed E-state index contributed by atoms with van der Waals surface area (Å²) < 4.78 is 31.3. The van der Waals surface area contributed by atoms with Gasteiger partial charge in [0.2, 0.25) is 0 Å². The number of aryl methyl sites for hydroxylation is 1. The lowest BCUT2D eigenvalue weighted by Gasteiger charge is -2.33. The first-order valence-corrected chi connectivity index (χ1v) is 9.87. The van der Waals surface area contributed by atoms with Gasteiger partial charge >= 0.3 is 0 Å². The fourth-order valence-electron chi connectivity index (χ4n) is 3.33. The highest BCUT2D eigenvalue weighted by Crippen LogP contribution is 2.36. The smallest absolute Gasteiger partial charge is 0.262 e. The van der Waals surface area contributed by atoms with Crippen molar-refractivity contribution in [1.82, 2.24) is 28.6 Å². The van der Waals surface area contributed by atoms with Crippen LogP contribution in [0.15, 0.2) is 23.9 Å². The van der Waals surface area contributed by atoms with Gasteiger partial charge in [0.1, 0.15) is 6.33 Å². The number of aromatic nitrogens is 5. The lowest BCUT2D eigenvalue weighted by molar-refractivity contribution is 0.239. The average Bonchev–Trinajstić information content (AvgIpc) is 3.07. The van der Waals surface area contributed by atoms with Gasteiger partial charge in [-0.3, -0.25) is 0 Å². The van der Waals surface area contributed by atoms with Crippen LogP contribution in [-0.4, -0.2) is 43.6 Å². The largest absolute Gasteiger partial charge is 0.339 e. The molecule has 3 heterocycles. The molecule has 0 N–H and O–H groups in total. The number of sulfonamides is 1. The predicted octanol–water partition coefficient (Wildman–Crippen LogP) is 1.34. The van der Waals surface area contributed by atoms with Gasteiger partial charge in [-0.25, -0.2) is 13.4 Å². The van der Waals surface area contributed by atoms with Gasteiger partial charge in [0.05, 0.1) is 12.4 Å². The highest BCUT2D eigenvalue weighted by atomic mass is 32.2. The Morgan fingerprint density at radius 3 is 2.75 bits per heavy atom. The molecule has 1 saturated carbocycles. The molecule has 130 valence electrons. The molecule has 0 radical (unpaired) electrons. The third kappa shape index (κ3) is 2.86. The van der Waals surface area contributed by atoms with E-state index in [0.717, 1.165) is 31.6 Å². The van der Waals surface area contributed by atoms with Crippen molar-refractivity contribution in [3.05, 3.63) is 24.7 Å². The van der Waals surface area contributed by atoms with Crippen LogP contribution < -0.4 is 0 Å². The van der Waals surface area contributed by atoms with Crippen LogP contribution in [0.5, 0.6) is 0 Å². The quantitative estimate of drug-likeness (QED) is 0.812. The molecule has 24 heavy (non-hydrogen) atoms. The summed E-state index contributed by atoms with van der Waals surface area (Å²) in [5, 5.41) is 8.41. The molecule has 2 aliphatic rings. The van der Waals surface area contributed by atoms with Crippen molar-refractivity contribution in [3.8, 4) is 0 Å². The molecule has 2 fully saturated rings. The molecule has 2 aromatic heterocycles. The number of hydrogen-bond acceptors (Lipinski definition) is 5. The summed E-state index contributed by atoms with van der Waals surface area (Å²) in [6, 6.07) is -0.257. The number of hydrogen-bond donors (Lipinski definition) is 0. The first-order valence-electron chi connectivity index (χ1n) is 8.43. The third-order valence-electron chi connectivity index (χ3n) is 4.80. The minimum Gasteiger partial charge on any atom is -0.339 e. The lowest BCUT2D eigenvalue weighted by Crippen LogP contribution is -2.39. The van der Waals surface area contributed by atoms with E-state index in [1.807, 2.05) is 4.57 Å². The summed E-state index contributed by atoms with van der Waals surface area (Å²) in [7, 11) is -1.86. The van der Waals surface area contributed by atoms with Gasteiger partial charge in [-0.1, -0.05) is 6.42 Å². The van der Waals surface area contributed by atoms with Gasteiger partial charge in [-0.2, -0.15) is 4.31 Å². The summed E-state index contributed by atoms with van der Waals surface area (Å²) in [5.74, 6) is 1.45. The van der Waals surface area contributed by atoms with Gasteiger partial charge in [-0.05, 0) is 31.6 Å². The first-order chi connectivity index (χ1) is 11.6. The zero-order valence-electron chi connectivity index (χ0n) is 13.7. The molecule has 0 amide bonds. The van der Waals surface area contributed by atoms with Crippen LogP contribution in [0.3, 0.4) is 0 Å². The van der Waals surface area contributed by atoms with Crippen molar-refractivity contribution in [3.63, 3.8) is 0 Å². The first kappa shape index (κ1) is 15.8. The van der Waals surface area contributed by atoms with Crippen molar-refractivity contribution in [2.45, 2.75) is 49.7 Å². The highest BCUT2D eigenvalue weighted by Gasteiger charge is 2.38. The minimum atomic E-state index is -3.63. The highest BCUT2D eigenvalue weighted by molar-refractivity contribution is 7.89. The minimum absolute atomic E-state index is 0.102. The third-order valence-corrected chi connectivity index (χ3v) is 6.60. The Kier molecular flexibility index (Phi) is 3.92. The lowest BCUT2D eigenvalue weighted by atomic mass is 10.0. The van der Waals surface area contributed by atoms with Crippen molar-refractivity contribution in [2.24, 2.45) is 13.0 Å². The molecule has 1 aliphatic heterocycles. The molecule has 0 spiro atoms. The molecule has 8 nitrogen and oxygen atoms in total. The molecule has 2 aromatic rings. The summed E-state index contributed by atoms with van der Waals surface area (Å²) in [6.45, 7) is 1.39. The zero-order valence-corrected chi connectivity index (χ0v) is 14.6. The van der Waals surface area contributed by atoms with Gasteiger partial charge < -0.3 is 9.13 Å². The van der Waals surface area contributed by atoms with Gasteiger partial charge in [0.15, 0.2) is 10.9 Å². The van der Waals surface area contributed by atoms with Crippen LogP contribution in [0.2, 0.25) is 0 Å². The van der Waals surface area contributed by atoms with Crippen molar-refractivity contribution in [2.75, 3.05) is 6.54 Å². The molecule has 1 atom stereocenters. The Labute approximate surface area is 141 Å². The second-order valence-electron chi connectivity index (χ2n) is 6.79. The Balaban J connectivity index is 1.67. The predicted molar refractivity (Wildman–Crippen MR) is 86.4 cm³/mol. The van der Waals surface area contributed by atoms with Crippen molar-refractivity contribution < 1.29 is 8.42 Å². The zero-order chi connectivity index (χ0) is 16.7. The maximum Gasteiger partial charge on any atom is 0.262 e. The Hall–Kier alpha value is -1.74. The number of nitrogens with zero attached hydrogens (tertiary/aromatic N) is 6. The van der Waals surface area contributed by atoms with Crippen LogP contribution in [0, 0.1) is 5.92 Å². The van der Waals surface area contributed by atoms with Crippen molar-refractivity contribution >= 4 is 10.0 Å². The fourth-order valence-corrected chi connectivity index (χ4v) is 4.96. The van der Waals surface area contributed by atoms with Crippen LogP contribution >= 0.6 is 0 Å². The van der Waals surface area contributed by atoms with Crippen LogP contribution in [-0.2, 0) is 23.6 Å².